The van der Waals surface area contributed by atoms with Crippen molar-refractivity contribution in [2.45, 2.75) is 25.3 Å². The van der Waals surface area contributed by atoms with Gasteiger partial charge in [0, 0.05) is 0 Å². The fourth-order valence-electron chi connectivity index (χ4n) is 2.59. The molecule has 0 spiro atoms. The van der Waals surface area contributed by atoms with Crippen molar-refractivity contribution in [2.24, 2.45) is 0 Å². The Hall–Kier alpha value is -2.43. The molecule has 2 N–H and O–H groups in total. The predicted octanol–water partition coefficient (Wildman–Crippen LogP) is 2.83. The monoisotopic (exact) mass is 269 g/mol. The van der Waals surface area contributed by atoms with Gasteiger partial charge >= 0.3 is 6.09 Å². The number of benzene rings is 1. The molecule has 0 aliphatic heterocycles. The lowest BCUT2D eigenvalue weighted by atomic mass is 10.1. The fraction of sp³-hybridized carbons (Fsp3) is 0.267. The molecule has 0 saturated heterocycles. The van der Waals surface area contributed by atoms with Crippen molar-refractivity contribution in [3.63, 3.8) is 0 Å². The first kappa shape index (κ1) is 12.6. The first-order valence-electron chi connectivity index (χ1n) is 6.64. The summed E-state index contributed by atoms with van der Waals surface area (Å²) in [6, 6.07) is 7.60. The molecule has 1 unspecified atom stereocenters. The number of fused-ring (bicyclic) bond motifs is 1. The van der Waals surface area contributed by atoms with Crippen LogP contribution in [0.5, 0.6) is 0 Å². The van der Waals surface area contributed by atoms with Crippen molar-refractivity contribution >= 4 is 23.2 Å². The van der Waals surface area contributed by atoms with Gasteiger partial charge in [0.2, 0.25) is 0 Å². The van der Waals surface area contributed by atoms with Crippen molar-refractivity contribution in [3.8, 4) is 0 Å². The molecular formula is C15H15N3O2. The topological polar surface area (TPSA) is 75.1 Å². The van der Waals surface area contributed by atoms with Crippen molar-refractivity contribution in [1.82, 2.24) is 15.3 Å². The highest BCUT2D eigenvalue weighted by molar-refractivity contribution is 5.75. The molecule has 0 radical (unpaired) electrons. The van der Waals surface area contributed by atoms with Crippen LogP contribution in [0.1, 0.15) is 25.0 Å². The van der Waals surface area contributed by atoms with E-state index in [1.807, 2.05) is 30.3 Å². The summed E-state index contributed by atoms with van der Waals surface area (Å²) in [5.74, 6) is 0. The van der Waals surface area contributed by atoms with Crippen molar-refractivity contribution < 1.29 is 9.90 Å². The highest BCUT2D eigenvalue weighted by atomic mass is 16.4. The summed E-state index contributed by atoms with van der Waals surface area (Å²) in [7, 11) is 0. The lowest BCUT2D eigenvalue weighted by molar-refractivity contribution is 0.192. The van der Waals surface area contributed by atoms with Gasteiger partial charge in [-0.3, -0.25) is 4.98 Å². The molecule has 1 aliphatic rings. The standard InChI is InChI=1S/C15H15N3O2/c19-15(20)18-12-7-3-4-10(12)8-11-9-16-13-5-1-2-6-14(13)17-11/h1-2,5-6,8-9,12,18H,3-4,7H2,(H,19,20). The Labute approximate surface area is 116 Å². The molecule has 1 atom stereocenters. The van der Waals surface area contributed by atoms with Gasteiger partial charge in [0.25, 0.3) is 0 Å². The van der Waals surface area contributed by atoms with Crippen LogP contribution in [0.15, 0.2) is 36.0 Å². The minimum absolute atomic E-state index is 0.0965. The van der Waals surface area contributed by atoms with Gasteiger partial charge in [-0.15, -0.1) is 0 Å². The van der Waals surface area contributed by atoms with E-state index in [4.69, 9.17) is 5.11 Å². The number of carboxylic acid groups (broad SMARTS) is 1. The first-order valence-corrected chi connectivity index (χ1v) is 6.64. The molecule has 0 bridgehead atoms. The third-order valence-corrected chi connectivity index (χ3v) is 3.50. The second kappa shape index (κ2) is 5.28. The van der Waals surface area contributed by atoms with Crippen LogP contribution in [-0.4, -0.2) is 27.2 Å². The Bertz CT molecular complexity index is 682. The SMILES string of the molecule is O=C(O)NC1CCCC1=Cc1cnc2ccccc2n1. The van der Waals surface area contributed by atoms with Gasteiger partial charge in [0.1, 0.15) is 0 Å². The third kappa shape index (κ3) is 2.61. The van der Waals surface area contributed by atoms with Gasteiger partial charge in [-0.1, -0.05) is 12.1 Å². The van der Waals surface area contributed by atoms with Gasteiger partial charge in [-0.05, 0) is 43.0 Å². The average Bonchev–Trinajstić information content (AvgIpc) is 2.85. The summed E-state index contributed by atoms with van der Waals surface area (Å²) in [4.78, 5) is 19.7. The van der Waals surface area contributed by atoms with Gasteiger partial charge in [0.05, 0.1) is 29.0 Å². The number of amides is 1. The Kier molecular flexibility index (Phi) is 3.33. The van der Waals surface area contributed by atoms with Gasteiger partial charge in [-0.2, -0.15) is 0 Å². The molecule has 2 aromatic rings. The zero-order valence-corrected chi connectivity index (χ0v) is 10.9. The van der Waals surface area contributed by atoms with Crippen LogP contribution in [0.2, 0.25) is 0 Å². The number of aromatic nitrogens is 2. The summed E-state index contributed by atoms with van der Waals surface area (Å²) < 4.78 is 0. The molecule has 1 fully saturated rings. The Morgan fingerprint density at radius 2 is 2.15 bits per heavy atom. The summed E-state index contributed by atoms with van der Waals surface area (Å²) in [6.45, 7) is 0. The van der Waals surface area contributed by atoms with Crippen LogP contribution in [0, 0.1) is 0 Å². The minimum atomic E-state index is -0.979. The number of rotatable bonds is 2. The van der Waals surface area contributed by atoms with Crippen LogP contribution in [-0.2, 0) is 0 Å². The highest BCUT2D eigenvalue weighted by Gasteiger charge is 2.22. The number of para-hydroxylation sites is 2. The maximum atomic E-state index is 10.8. The number of nitrogens with zero attached hydrogens (tertiary/aromatic N) is 2. The molecule has 1 aromatic carbocycles. The normalized spacial score (nSPS) is 20.4. The summed E-state index contributed by atoms with van der Waals surface area (Å²) in [6.07, 6.45) is 5.45. The largest absolute Gasteiger partial charge is 0.465 e. The van der Waals surface area contributed by atoms with E-state index in [9.17, 15) is 4.79 Å². The Morgan fingerprint density at radius 3 is 2.95 bits per heavy atom. The van der Waals surface area contributed by atoms with E-state index in [1.165, 1.54) is 0 Å². The predicted molar refractivity (Wildman–Crippen MR) is 76.3 cm³/mol. The summed E-state index contributed by atoms with van der Waals surface area (Å²) in [5, 5.41) is 11.4. The molecule has 3 rings (SSSR count). The highest BCUT2D eigenvalue weighted by Crippen LogP contribution is 2.26. The van der Waals surface area contributed by atoms with E-state index < -0.39 is 6.09 Å². The van der Waals surface area contributed by atoms with Crippen molar-refractivity contribution in [2.75, 3.05) is 0 Å². The molecule has 102 valence electrons. The van der Waals surface area contributed by atoms with Gasteiger partial charge in [0.15, 0.2) is 0 Å². The molecule has 20 heavy (non-hydrogen) atoms. The van der Waals surface area contributed by atoms with Crippen LogP contribution in [0.4, 0.5) is 4.79 Å². The maximum Gasteiger partial charge on any atom is 0.405 e. The fourth-order valence-corrected chi connectivity index (χ4v) is 2.59. The maximum absolute atomic E-state index is 10.8. The lowest BCUT2D eigenvalue weighted by Crippen LogP contribution is -2.32. The Balaban J connectivity index is 1.90. The van der Waals surface area contributed by atoms with Gasteiger partial charge in [-0.25, -0.2) is 9.78 Å². The molecule has 1 aromatic heterocycles. The molecule has 5 heteroatoms. The minimum Gasteiger partial charge on any atom is -0.465 e. The quantitative estimate of drug-likeness (QED) is 0.879. The molecule has 1 amide bonds. The summed E-state index contributed by atoms with van der Waals surface area (Å²) in [5.41, 5.74) is 3.57. The van der Waals surface area contributed by atoms with E-state index in [-0.39, 0.29) is 6.04 Å². The lowest BCUT2D eigenvalue weighted by Gasteiger charge is -2.11. The van der Waals surface area contributed by atoms with E-state index in [0.29, 0.717) is 0 Å². The zero-order valence-electron chi connectivity index (χ0n) is 10.9. The van der Waals surface area contributed by atoms with E-state index in [1.54, 1.807) is 6.20 Å². The number of hydrogen-bond donors (Lipinski definition) is 2. The van der Waals surface area contributed by atoms with Gasteiger partial charge < -0.3 is 10.4 Å². The number of nitrogens with one attached hydrogen (secondary N) is 1. The van der Waals surface area contributed by atoms with E-state index in [0.717, 1.165) is 41.6 Å². The van der Waals surface area contributed by atoms with Crippen LogP contribution >= 0.6 is 0 Å². The van der Waals surface area contributed by atoms with E-state index in [2.05, 4.69) is 15.3 Å². The van der Waals surface area contributed by atoms with Crippen LogP contribution < -0.4 is 5.32 Å². The molecule has 1 heterocycles. The number of hydrogen-bond acceptors (Lipinski definition) is 3. The second-order valence-corrected chi connectivity index (χ2v) is 4.90. The van der Waals surface area contributed by atoms with Crippen LogP contribution in [0.25, 0.3) is 17.1 Å². The third-order valence-electron chi connectivity index (χ3n) is 3.50. The van der Waals surface area contributed by atoms with E-state index >= 15 is 0 Å². The van der Waals surface area contributed by atoms with Crippen LogP contribution in [0.3, 0.4) is 0 Å². The zero-order chi connectivity index (χ0) is 13.9. The molecule has 5 nitrogen and oxygen atoms in total. The smallest absolute Gasteiger partial charge is 0.405 e. The van der Waals surface area contributed by atoms with Crippen molar-refractivity contribution in [1.29, 1.82) is 0 Å². The molecule has 1 saturated carbocycles. The summed E-state index contributed by atoms with van der Waals surface area (Å²) >= 11 is 0. The van der Waals surface area contributed by atoms with Crippen molar-refractivity contribution in [3.05, 3.63) is 41.7 Å². The first-order chi connectivity index (χ1) is 9.72. The molecule has 1 aliphatic carbocycles. The second-order valence-electron chi connectivity index (χ2n) is 4.90. The number of carbonyl (C=O) groups is 1. The molecular weight excluding hydrogens is 254 g/mol. The average molecular weight is 269 g/mol. The Morgan fingerprint density at radius 1 is 1.35 bits per heavy atom.